The minimum Gasteiger partial charge on any atom is -0.392 e. The molecule has 3 nitrogen and oxygen atoms in total. The third-order valence-corrected chi connectivity index (χ3v) is 4.27. The quantitative estimate of drug-likeness (QED) is 0.814. The predicted octanol–water partition coefficient (Wildman–Crippen LogP) is 3.74. The predicted molar refractivity (Wildman–Crippen MR) is 83.0 cm³/mol. The second-order valence-electron chi connectivity index (χ2n) is 4.13. The molecule has 0 aliphatic heterocycles. The standard InChI is InChI=1S/C12H14BrClN2OS/c1-3-12(2,10(15)18)11(17)16-9-5-4-7(14)6-8(9)13/h4-6H,3H2,1-2H3,(H2,15,18)(H,16,17). The molecule has 0 heterocycles. The minimum atomic E-state index is -0.853. The van der Waals surface area contributed by atoms with E-state index < -0.39 is 5.41 Å². The first-order chi connectivity index (χ1) is 8.31. The fraction of sp³-hybridized carbons (Fsp3) is 0.333. The zero-order valence-electron chi connectivity index (χ0n) is 10.1. The van der Waals surface area contributed by atoms with Crippen LogP contribution in [0.4, 0.5) is 5.69 Å². The van der Waals surface area contributed by atoms with Crippen LogP contribution in [0, 0.1) is 5.41 Å². The number of rotatable bonds is 4. The lowest BCUT2D eigenvalue weighted by atomic mass is 9.86. The van der Waals surface area contributed by atoms with Crippen molar-refractivity contribution in [1.29, 1.82) is 0 Å². The number of anilines is 1. The molecule has 0 bridgehead atoms. The van der Waals surface area contributed by atoms with Crippen molar-refractivity contribution in [2.45, 2.75) is 20.3 Å². The largest absolute Gasteiger partial charge is 0.392 e. The maximum atomic E-state index is 12.2. The maximum Gasteiger partial charge on any atom is 0.237 e. The Morgan fingerprint density at radius 3 is 2.67 bits per heavy atom. The van der Waals surface area contributed by atoms with Gasteiger partial charge in [0.25, 0.3) is 0 Å². The Bertz CT molecular complexity index is 495. The van der Waals surface area contributed by atoms with Crippen molar-refractivity contribution in [2.75, 3.05) is 5.32 Å². The highest BCUT2D eigenvalue weighted by Crippen LogP contribution is 2.29. The number of amides is 1. The summed E-state index contributed by atoms with van der Waals surface area (Å²) >= 11 is 14.1. The minimum absolute atomic E-state index is 0.188. The molecule has 0 fully saturated rings. The number of carbonyl (C=O) groups excluding carboxylic acids is 1. The Balaban J connectivity index is 2.97. The number of benzene rings is 1. The Kier molecular flexibility index (Phi) is 5.13. The van der Waals surface area contributed by atoms with E-state index in [-0.39, 0.29) is 10.9 Å². The van der Waals surface area contributed by atoms with Gasteiger partial charge in [-0.25, -0.2) is 0 Å². The summed E-state index contributed by atoms with van der Waals surface area (Å²) in [5, 5.41) is 3.39. The average molecular weight is 350 g/mol. The van der Waals surface area contributed by atoms with E-state index in [0.29, 0.717) is 21.6 Å². The van der Waals surface area contributed by atoms with Crippen molar-refractivity contribution in [2.24, 2.45) is 11.1 Å². The van der Waals surface area contributed by atoms with E-state index in [4.69, 9.17) is 29.6 Å². The Labute approximate surface area is 125 Å². The summed E-state index contributed by atoms with van der Waals surface area (Å²) in [6, 6.07) is 5.13. The Hall–Kier alpha value is -0.650. The summed E-state index contributed by atoms with van der Waals surface area (Å²) in [7, 11) is 0. The van der Waals surface area contributed by atoms with Crippen molar-refractivity contribution in [1.82, 2.24) is 0 Å². The number of nitrogens with two attached hydrogens (primary N) is 1. The molecule has 3 N–H and O–H groups in total. The zero-order chi connectivity index (χ0) is 13.9. The first-order valence-corrected chi connectivity index (χ1v) is 6.95. The highest BCUT2D eigenvalue weighted by atomic mass is 79.9. The summed E-state index contributed by atoms with van der Waals surface area (Å²) in [6.07, 6.45) is 0.541. The van der Waals surface area contributed by atoms with Gasteiger partial charge in [0, 0.05) is 9.50 Å². The van der Waals surface area contributed by atoms with Gasteiger partial charge >= 0.3 is 0 Å². The van der Waals surface area contributed by atoms with Gasteiger partial charge in [-0.05, 0) is 47.5 Å². The Morgan fingerprint density at radius 2 is 2.22 bits per heavy atom. The van der Waals surface area contributed by atoms with Crippen LogP contribution in [-0.2, 0) is 4.79 Å². The van der Waals surface area contributed by atoms with Crippen molar-refractivity contribution in [3.8, 4) is 0 Å². The van der Waals surface area contributed by atoms with Gasteiger partial charge in [0.15, 0.2) is 0 Å². The molecule has 0 saturated heterocycles. The van der Waals surface area contributed by atoms with E-state index in [1.807, 2.05) is 6.92 Å². The van der Waals surface area contributed by atoms with Crippen LogP contribution in [0.3, 0.4) is 0 Å². The third kappa shape index (κ3) is 3.22. The maximum absolute atomic E-state index is 12.2. The normalized spacial score (nSPS) is 13.8. The van der Waals surface area contributed by atoms with Gasteiger partial charge in [-0.3, -0.25) is 4.79 Å². The van der Waals surface area contributed by atoms with E-state index >= 15 is 0 Å². The van der Waals surface area contributed by atoms with Crippen LogP contribution in [0.5, 0.6) is 0 Å². The van der Waals surface area contributed by atoms with Crippen molar-refractivity contribution < 1.29 is 4.79 Å². The fourth-order valence-corrected chi connectivity index (χ4v) is 2.32. The highest BCUT2D eigenvalue weighted by Gasteiger charge is 2.34. The van der Waals surface area contributed by atoms with Crippen molar-refractivity contribution in [3.05, 3.63) is 27.7 Å². The van der Waals surface area contributed by atoms with E-state index in [1.165, 1.54) is 0 Å². The van der Waals surface area contributed by atoms with Gasteiger partial charge in [0.2, 0.25) is 5.91 Å². The lowest BCUT2D eigenvalue weighted by Gasteiger charge is -2.25. The van der Waals surface area contributed by atoms with E-state index in [0.717, 1.165) is 0 Å². The molecule has 1 unspecified atom stereocenters. The molecule has 1 aromatic carbocycles. The van der Waals surface area contributed by atoms with Crippen LogP contribution in [0.25, 0.3) is 0 Å². The molecule has 1 atom stereocenters. The molecule has 0 aliphatic carbocycles. The lowest BCUT2D eigenvalue weighted by Crippen LogP contribution is -2.43. The molecular weight excluding hydrogens is 336 g/mol. The first kappa shape index (κ1) is 15.4. The molecule has 1 rings (SSSR count). The summed E-state index contributed by atoms with van der Waals surface area (Å²) in [4.78, 5) is 12.4. The molecule has 1 amide bonds. The molecule has 6 heteroatoms. The monoisotopic (exact) mass is 348 g/mol. The number of carbonyl (C=O) groups is 1. The van der Waals surface area contributed by atoms with Gasteiger partial charge in [-0.2, -0.15) is 0 Å². The second kappa shape index (κ2) is 5.99. The summed E-state index contributed by atoms with van der Waals surface area (Å²) in [5.74, 6) is -0.222. The summed E-state index contributed by atoms with van der Waals surface area (Å²) in [6.45, 7) is 3.60. The zero-order valence-corrected chi connectivity index (χ0v) is 13.2. The van der Waals surface area contributed by atoms with Crippen molar-refractivity contribution in [3.63, 3.8) is 0 Å². The van der Waals surface area contributed by atoms with Crippen molar-refractivity contribution >= 4 is 56.3 Å². The SMILES string of the molecule is CCC(C)(C(=O)Nc1ccc(Cl)cc1Br)C(N)=S. The molecule has 1 aromatic rings. The molecule has 18 heavy (non-hydrogen) atoms. The van der Waals surface area contributed by atoms with Gasteiger partial charge in [-0.15, -0.1) is 0 Å². The number of hydrogen-bond acceptors (Lipinski definition) is 2. The van der Waals surface area contributed by atoms with Crippen LogP contribution in [0.15, 0.2) is 22.7 Å². The number of thiocarbonyl (C=S) groups is 1. The molecule has 98 valence electrons. The molecule has 0 aromatic heterocycles. The Morgan fingerprint density at radius 1 is 1.61 bits per heavy atom. The van der Waals surface area contributed by atoms with Crippen LogP contribution in [-0.4, -0.2) is 10.9 Å². The number of halogens is 2. The molecule has 0 radical (unpaired) electrons. The first-order valence-electron chi connectivity index (χ1n) is 5.37. The van der Waals surface area contributed by atoms with Gasteiger partial charge < -0.3 is 11.1 Å². The third-order valence-electron chi connectivity index (χ3n) is 2.93. The molecular formula is C12H14BrClN2OS. The van der Waals surface area contributed by atoms with E-state index in [9.17, 15) is 4.79 Å². The highest BCUT2D eigenvalue weighted by molar-refractivity contribution is 9.10. The molecule has 0 spiro atoms. The molecule has 0 aliphatic rings. The average Bonchev–Trinajstić information content (AvgIpc) is 2.31. The number of nitrogens with one attached hydrogen (secondary N) is 1. The lowest BCUT2D eigenvalue weighted by molar-refractivity contribution is -0.121. The van der Waals surface area contributed by atoms with Gasteiger partial charge in [0.1, 0.15) is 0 Å². The second-order valence-corrected chi connectivity index (χ2v) is 5.86. The fourth-order valence-electron chi connectivity index (χ4n) is 1.30. The topological polar surface area (TPSA) is 55.1 Å². The summed E-state index contributed by atoms with van der Waals surface area (Å²) < 4.78 is 0.713. The van der Waals surface area contributed by atoms with E-state index in [2.05, 4.69) is 21.2 Å². The van der Waals surface area contributed by atoms with E-state index in [1.54, 1.807) is 25.1 Å². The van der Waals surface area contributed by atoms with Crippen LogP contribution in [0.1, 0.15) is 20.3 Å². The van der Waals surface area contributed by atoms with Gasteiger partial charge in [-0.1, -0.05) is 30.7 Å². The smallest absolute Gasteiger partial charge is 0.237 e. The van der Waals surface area contributed by atoms with Crippen LogP contribution >= 0.6 is 39.7 Å². The number of hydrogen-bond donors (Lipinski definition) is 2. The van der Waals surface area contributed by atoms with Gasteiger partial charge in [0.05, 0.1) is 16.1 Å². The molecule has 0 saturated carbocycles. The van der Waals surface area contributed by atoms with Crippen LogP contribution in [0.2, 0.25) is 5.02 Å². The summed E-state index contributed by atoms with van der Waals surface area (Å²) in [5.41, 5.74) is 5.42. The van der Waals surface area contributed by atoms with Crippen LogP contribution < -0.4 is 11.1 Å².